The van der Waals surface area contributed by atoms with Crippen molar-refractivity contribution < 1.29 is 4.79 Å². The van der Waals surface area contributed by atoms with Crippen molar-refractivity contribution in [3.63, 3.8) is 0 Å². The van der Waals surface area contributed by atoms with Gasteiger partial charge in [0.05, 0.1) is 5.69 Å². The third-order valence-electron chi connectivity index (χ3n) is 4.60. The van der Waals surface area contributed by atoms with Gasteiger partial charge in [-0.3, -0.25) is 20.1 Å². The maximum absolute atomic E-state index is 12.1. The first kappa shape index (κ1) is 17.1. The third-order valence-corrected chi connectivity index (χ3v) is 4.60. The first-order valence-corrected chi connectivity index (χ1v) is 8.98. The second kappa shape index (κ2) is 7.90. The maximum atomic E-state index is 12.1. The number of nitrogens with one attached hydrogen (secondary N) is 2. The Kier molecular flexibility index (Phi) is 4.99. The second-order valence-electron chi connectivity index (χ2n) is 6.55. The monoisotopic (exact) mass is 356 g/mol. The van der Waals surface area contributed by atoms with Gasteiger partial charge in [0.1, 0.15) is 0 Å². The SMILES string of the molecule is O=C(C#Cc1ccccc1)Nc1n[nH]c2c1CN(CCc1ccccc1)C2. The van der Waals surface area contributed by atoms with Gasteiger partial charge in [-0.2, -0.15) is 5.10 Å². The molecule has 27 heavy (non-hydrogen) atoms. The minimum atomic E-state index is -0.351. The summed E-state index contributed by atoms with van der Waals surface area (Å²) in [5, 5.41) is 10.1. The molecule has 5 nitrogen and oxygen atoms in total. The van der Waals surface area contributed by atoms with Crippen LogP contribution < -0.4 is 5.32 Å². The number of hydrogen-bond donors (Lipinski definition) is 2. The van der Waals surface area contributed by atoms with Crippen molar-refractivity contribution in [2.24, 2.45) is 0 Å². The van der Waals surface area contributed by atoms with Gasteiger partial charge in [-0.25, -0.2) is 0 Å². The van der Waals surface area contributed by atoms with Crippen molar-refractivity contribution in [1.29, 1.82) is 0 Å². The fourth-order valence-electron chi connectivity index (χ4n) is 3.19. The highest BCUT2D eigenvalue weighted by atomic mass is 16.1. The van der Waals surface area contributed by atoms with Gasteiger partial charge in [-0.05, 0) is 24.1 Å². The largest absolute Gasteiger partial charge is 0.301 e. The van der Waals surface area contributed by atoms with E-state index in [0.29, 0.717) is 5.82 Å². The molecule has 0 radical (unpaired) electrons. The van der Waals surface area contributed by atoms with Crippen molar-refractivity contribution in [1.82, 2.24) is 15.1 Å². The molecule has 1 aliphatic heterocycles. The molecule has 2 aromatic carbocycles. The van der Waals surface area contributed by atoms with Crippen LogP contribution in [0.5, 0.6) is 0 Å². The summed E-state index contributed by atoms with van der Waals surface area (Å²) in [5.41, 5.74) is 4.26. The van der Waals surface area contributed by atoms with Gasteiger partial charge in [-0.1, -0.05) is 54.5 Å². The van der Waals surface area contributed by atoms with E-state index in [4.69, 9.17) is 0 Å². The van der Waals surface area contributed by atoms with Gasteiger partial charge < -0.3 is 0 Å². The number of aromatic amines is 1. The van der Waals surface area contributed by atoms with E-state index in [0.717, 1.165) is 42.9 Å². The highest BCUT2D eigenvalue weighted by molar-refractivity contribution is 6.04. The van der Waals surface area contributed by atoms with Crippen molar-refractivity contribution >= 4 is 11.7 Å². The van der Waals surface area contributed by atoms with Gasteiger partial charge in [0.2, 0.25) is 0 Å². The van der Waals surface area contributed by atoms with E-state index in [2.05, 4.69) is 56.5 Å². The minimum absolute atomic E-state index is 0.351. The average Bonchev–Trinajstić information content (AvgIpc) is 3.28. The zero-order chi connectivity index (χ0) is 18.5. The zero-order valence-electron chi connectivity index (χ0n) is 14.9. The Hall–Kier alpha value is -3.36. The van der Waals surface area contributed by atoms with Gasteiger partial charge in [0.25, 0.3) is 0 Å². The van der Waals surface area contributed by atoms with E-state index >= 15 is 0 Å². The van der Waals surface area contributed by atoms with Crippen LogP contribution in [0.15, 0.2) is 60.7 Å². The molecular weight excluding hydrogens is 336 g/mol. The average molecular weight is 356 g/mol. The Morgan fingerprint density at radius 1 is 1.07 bits per heavy atom. The van der Waals surface area contributed by atoms with Crippen LogP contribution in [0.3, 0.4) is 0 Å². The first-order chi connectivity index (χ1) is 13.3. The van der Waals surface area contributed by atoms with Crippen molar-refractivity contribution in [3.05, 3.63) is 83.0 Å². The molecule has 1 aromatic heterocycles. The summed E-state index contributed by atoms with van der Waals surface area (Å²) in [7, 11) is 0. The Morgan fingerprint density at radius 3 is 2.59 bits per heavy atom. The lowest BCUT2D eigenvalue weighted by atomic mass is 10.1. The summed E-state index contributed by atoms with van der Waals surface area (Å²) in [6.45, 7) is 2.56. The number of amides is 1. The van der Waals surface area contributed by atoms with E-state index in [1.807, 2.05) is 36.4 Å². The number of benzene rings is 2. The molecule has 2 N–H and O–H groups in total. The molecule has 0 aliphatic carbocycles. The molecule has 4 rings (SSSR count). The van der Waals surface area contributed by atoms with Crippen LogP contribution >= 0.6 is 0 Å². The quantitative estimate of drug-likeness (QED) is 0.707. The van der Waals surface area contributed by atoms with E-state index in [-0.39, 0.29) is 5.91 Å². The van der Waals surface area contributed by atoms with Crippen LogP contribution in [0, 0.1) is 11.8 Å². The standard InChI is InChI=1S/C22H20N4O/c27-21(12-11-17-7-3-1-4-8-17)23-22-19-15-26(16-20(19)24-25-22)14-13-18-9-5-2-6-10-18/h1-10H,13-16H2,(H2,23,24,25,27). The van der Waals surface area contributed by atoms with Crippen LogP contribution in [0.25, 0.3) is 0 Å². The molecular formula is C22H20N4O. The Balaban J connectivity index is 1.35. The minimum Gasteiger partial charge on any atom is -0.298 e. The van der Waals surface area contributed by atoms with Crippen LogP contribution in [0.1, 0.15) is 22.4 Å². The lowest BCUT2D eigenvalue weighted by molar-refractivity contribution is -0.111. The van der Waals surface area contributed by atoms with Gasteiger partial charge in [-0.15, -0.1) is 0 Å². The van der Waals surface area contributed by atoms with Crippen molar-refractivity contribution in [2.45, 2.75) is 19.5 Å². The second-order valence-corrected chi connectivity index (χ2v) is 6.55. The van der Waals surface area contributed by atoms with Crippen LogP contribution in [-0.2, 0) is 24.3 Å². The van der Waals surface area contributed by atoms with E-state index in [1.54, 1.807) is 0 Å². The normalized spacial score (nSPS) is 12.9. The predicted molar refractivity (Wildman–Crippen MR) is 105 cm³/mol. The number of anilines is 1. The molecule has 2 heterocycles. The topological polar surface area (TPSA) is 61.0 Å². The van der Waals surface area contributed by atoms with Crippen LogP contribution in [0.4, 0.5) is 5.82 Å². The first-order valence-electron chi connectivity index (χ1n) is 8.98. The van der Waals surface area contributed by atoms with Crippen molar-refractivity contribution in [2.75, 3.05) is 11.9 Å². The summed E-state index contributed by atoms with van der Waals surface area (Å²) in [6, 6.07) is 19.9. The molecule has 5 heteroatoms. The molecule has 134 valence electrons. The van der Waals surface area contributed by atoms with Gasteiger partial charge >= 0.3 is 5.91 Å². The highest BCUT2D eigenvalue weighted by Gasteiger charge is 2.25. The Morgan fingerprint density at radius 2 is 1.81 bits per heavy atom. The molecule has 3 aromatic rings. The summed E-state index contributed by atoms with van der Waals surface area (Å²) >= 11 is 0. The number of nitrogens with zero attached hydrogens (tertiary/aromatic N) is 2. The molecule has 0 fully saturated rings. The number of carbonyl (C=O) groups is 1. The van der Waals surface area contributed by atoms with Gasteiger partial charge in [0, 0.05) is 36.7 Å². The predicted octanol–water partition coefficient (Wildman–Crippen LogP) is 2.96. The Labute approximate surface area is 158 Å². The lowest BCUT2D eigenvalue weighted by Gasteiger charge is -2.14. The number of fused-ring (bicyclic) bond motifs is 1. The fraction of sp³-hybridized carbons (Fsp3) is 0.182. The molecule has 0 unspecified atom stereocenters. The molecule has 0 saturated carbocycles. The van der Waals surface area contributed by atoms with E-state index in [1.165, 1.54) is 5.56 Å². The summed E-state index contributed by atoms with van der Waals surface area (Å²) in [4.78, 5) is 14.5. The molecule has 0 bridgehead atoms. The number of H-pyrrole nitrogens is 1. The number of rotatable bonds is 4. The summed E-state index contributed by atoms with van der Waals surface area (Å²) in [5.74, 6) is 5.71. The fourth-order valence-corrected chi connectivity index (χ4v) is 3.19. The summed E-state index contributed by atoms with van der Waals surface area (Å²) < 4.78 is 0. The molecule has 0 saturated heterocycles. The van der Waals surface area contributed by atoms with E-state index in [9.17, 15) is 4.79 Å². The molecule has 1 amide bonds. The molecule has 0 atom stereocenters. The van der Waals surface area contributed by atoms with E-state index < -0.39 is 0 Å². The van der Waals surface area contributed by atoms with Gasteiger partial charge in [0.15, 0.2) is 5.82 Å². The highest BCUT2D eigenvalue weighted by Crippen LogP contribution is 2.27. The number of aromatic nitrogens is 2. The molecule has 1 aliphatic rings. The van der Waals surface area contributed by atoms with Crippen molar-refractivity contribution in [3.8, 4) is 11.8 Å². The summed E-state index contributed by atoms with van der Waals surface area (Å²) in [6.07, 6.45) is 1.00. The Bertz CT molecular complexity index is 983. The maximum Gasteiger partial charge on any atom is 0.301 e. The van der Waals surface area contributed by atoms with Crippen LogP contribution in [-0.4, -0.2) is 27.5 Å². The third kappa shape index (κ3) is 4.25. The molecule has 0 spiro atoms. The number of carbonyl (C=O) groups excluding carboxylic acids is 1. The van der Waals surface area contributed by atoms with Crippen LogP contribution in [0.2, 0.25) is 0 Å². The smallest absolute Gasteiger partial charge is 0.298 e. The zero-order valence-corrected chi connectivity index (χ0v) is 14.9. The number of hydrogen-bond acceptors (Lipinski definition) is 3. The lowest BCUT2D eigenvalue weighted by Crippen LogP contribution is -2.20.